The van der Waals surface area contributed by atoms with Gasteiger partial charge in [0.05, 0.1) is 5.56 Å². The van der Waals surface area contributed by atoms with Crippen LogP contribution in [0.15, 0.2) is 18.5 Å². The molecule has 0 bridgehead atoms. The molecule has 0 aliphatic carbocycles. The largest absolute Gasteiger partial charge is 0.339 e. The Bertz CT molecular complexity index is 426. The molecule has 1 aliphatic heterocycles. The number of pyridine rings is 1. The third-order valence-corrected chi connectivity index (χ3v) is 4.35. The maximum Gasteiger partial charge on any atom is 0.255 e. The van der Waals surface area contributed by atoms with Crippen LogP contribution in [-0.4, -0.2) is 33.7 Å². The lowest BCUT2D eigenvalue weighted by molar-refractivity contribution is 0.0691. The molecule has 2 rings (SSSR count). The summed E-state index contributed by atoms with van der Waals surface area (Å²) < 4.78 is 0. The van der Waals surface area contributed by atoms with Gasteiger partial charge in [0.2, 0.25) is 0 Å². The van der Waals surface area contributed by atoms with E-state index in [1.54, 1.807) is 12.4 Å². The van der Waals surface area contributed by atoms with Crippen molar-refractivity contribution in [3.8, 4) is 0 Å². The molecule has 2 heterocycles. The van der Waals surface area contributed by atoms with Gasteiger partial charge in [-0.2, -0.15) is 0 Å². The van der Waals surface area contributed by atoms with Gasteiger partial charge in [-0.15, -0.1) is 0 Å². The van der Waals surface area contributed by atoms with E-state index < -0.39 is 0 Å². The summed E-state index contributed by atoms with van der Waals surface area (Å²) in [5.41, 5.74) is 1.74. The minimum Gasteiger partial charge on any atom is -0.339 e. The van der Waals surface area contributed by atoms with Gasteiger partial charge in [-0.25, -0.2) is 0 Å². The molecular weight excluding hydrogens is 292 g/mol. The molecule has 1 aliphatic rings. The third-order valence-electron chi connectivity index (χ3n) is 3.60. The highest BCUT2D eigenvalue weighted by Gasteiger charge is 2.25. The number of hydrogen-bond acceptors (Lipinski definition) is 2. The highest BCUT2D eigenvalue weighted by Crippen LogP contribution is 2.25. The van der Waals surface area contributed by atoms with Gasteiger partial charge in [0.1, 0.15) is 0 Å². The fourth-order valence-corrected chi connectivity index (χ4v) is 2.95. The molecular formula is C14H19BrN2O. The standard InChI is InChI=1S/C14H19BrN2O/c1-10-7-13(9-16-8-10)14(18)17-5-3-12(4-6-17)11(2)15/h7-9,11-12H,3-6H2,1-2H3. The van der Waals surface area contributed by atoms with Crippen molar-refractivity contribution in [3.05, 3.63) is 29.6 Å². The smallest absolute Gasteiger partial charge is 0.255 e. The van der Waals surface area contributed by atoms with E-state index in [1.165, 1.54) is 0 Å². The molecule has 18 heavy (non-hydrogen) atoms. The van der Waals surface area contributed by atoms with E-state index in [-0.39, 0.29) is 5.91 Å². The second-order valence-corrected chi connectivity index (χ2v) is 6.50. The number of rotatable bonds is 2. The van der Waals surface area contributed by atoms with Crippen molar-refractivity contribution in [1.82, 2.24) is 9.88 Å². The molecule has 1 aromatic rings. The van der Waals surface area contributed by atoms with Crippen LogP contribution in [0.1, 0.15) is 35.7 Å². The fraction of sp³-hybridized carbons (Fsp3) is 0.571. The fourth-order valence-electron chi connectivity index (χ4n) is 2.42. The molecule has 0 aromatic carbocycles. The molecule has 0 radical (unpaired) electrons. The van der Waals surface area contributed by atoms with Gasteiger partial charge in [0, 0.05) is 30.3 Å². The molecule has 0 saturated carbocycles. The predicted octanol–water partition coefficient (Wildman–Crippen LogP) is 3.03. The Hall–Kier alpha value is -0.900. The first-order valence-electron chi connectivity index (χ1n) is 6.43. The molecule has 1 aromatic heterocycles. The van der Waals surface area contributed by atoms with Crippen LogP contribution >= 0.6 is 15.9 Å². The van der Waals surface area contributed by atoms with Crippen molar-refractivity contribution in [2.24, 2.45) is 5.92 Å². The summed E-state index contributed by atoms with van der Waals surface area (Å²) in [6, 6.07) is 1.91. The Kier molecular flexibility index (Phi) is 4.38. The van der Waals surface area contributed by atoms with Crippen LogP contribution in [0.3, 0.4) is 0 Å². The first-order chi connectivity index (χ1) is 8.58. The average molecular weight is 311 g/mol. The average Bonchev–Trinajstić information content (AvgIpc) is 2.38. The second-order valence-electron chi connectivity index (χ2n) is 5.06. The topological polar surface area (TPSA) is 33.2 Å². The van der Waals surface area contributed by atoms with E-state index in [4.69, 9.17) is 0 Å². The van der Waals surface area contributed by atoms with Gasteiger partial charge >= 0.3 is 0 Å². The predicted molar refractivity (Wildman–Crippen MR) is 76.0 cm³/mol. The summed E-state index contributed by atoms with van der Waals surface area (Å²) in [6.45, 7) is 5.86. The minimum absolute atomic E-state index is 0.117. The summed E-state index contributed by atoms with van der Waals surface area (Å²) >= 11 is 3.63. The quantitative estimate of drug-likeness (QED) is 0.787. The van der Waals surface area contributed by atoms with E-state index in [0.717, 1.165) is 31.5 Å². The summed E-state index contributed by atoms with van der Waals surface area (Å²) in [5.74, 6) is 0.802. The summed E-state index contributed by atoms with van der Waals surface area (Å²) in [6.07, 6.45) is 5.60. The van der Waals surface area contributed by atoms with Gasteiger partial charge in [-0.1, -0.05) is 22.9 Å². The molecule has 3 nitrogen and oxygen atoms in total. The molecule has 1 unspecified atom stereocenters. The minimum atomic E-state index is 0.117. The zero-order valence-corrected chi connectivity index (χ0v) is 12.5. The normalized spacial score (nSPS) is 18.7. The number of carbonyl (C=O) groups excluding carboxylic acids is 1. The first-order valence-corrected chi connectivity index (χ1v) is 7.34. The number of nitrogens with zero attached hydrogens (tertiary/aromatic N) is 2. The lowest BCUT2D eigenvalue weighted by Crippen LogP contribution is -2.40. The van der Waals surface area contributed by atoms with Gasteiger partial charge in [0.25, 0.3) is 5.91 Å². The number of alkyl halides is 1. The zero-order chi connectivity index (χ0) is 13.1. The van der Waals surface area contributed by atoms with Gasteiger partial charge < -0.3 is 4.90 Å². The number of carbonyl (C=O) groups is 1. The molecule has 1 saturated heterocycles. The number of aryl methyl sites for hydroxylation is 1. The SMILES string of the molecule is Cc1cncc(C(=O)N2CCC(C(C)Br)CC2)c1. The molecule has 4 heteroatoms. The van der Waals surface area contributed by atoms with Crippen LogP contribution in [0.5, 0.6) is 0 Å². The monoisotopic (exact) mass is 310 g/mol. The Morgan fingerprint density at radius 2 is 2.11 bits per heavy atom. The van der Waals surface area contributed by atoms with Crippen molar-refractivity contribution in [3.63, 3.8) is 0 Å². The van der Waals surface area contributed by atoms with Crippen LogP contribution < -0.4 is 0 Å². The number of aromatic nitrogens is 1. The van der Waals surface area contributed by atoms with Crippen LogP contribution in [0.25, 0.3) is 0 Å². The van der Waals surface area contributed by atoms with Crippen molar-refractivity contribution in [1.29, 1.82) is 0 Å². The van der Waals surface area contributed by atoms with E-state index in [0.29, 0.717) is 16.3 Å². The first kappa shape index (κ1) is 13.5. The lowest BCUT2D eigenvalue weighted by Gasteiger charge is -2.33. The number of likely N-dealkylation sites (tertiary alicyclic amines) is 1. The summed E-state index contributed by atoms with van der Waals surface area (Å²) in [7, 11) is 0. The highest BCUT2D eigenvalue weighted by atomic mass is 79.9. The van der Waals surface area contributed by atoms with Crippen molar-refractivity contribution in [2.45, 2.75) is 31.5 Å². The number of halogens is 1. The van der Waals surface area contributed by atoms with Gasteiger partial charge in [0.15, 0.2) is 0 Å². The maximum absolute atomic E-state index is 12.3. The third kappa shape index (κ3) is 3.10. The van der Waals surface area contributed by atoms with E-state index in [1.807, 2.05) is 17.9 Å². The molecule has 0 N–H and O–H groups in total. The van der Waals surface area contributed by atoms with Crippen molar-refractivity contribution in [2.75, 3.05) is 13.1 Å². The van der Waals surface area contributed by atoms with Crippen LogP contribution in [0.4, 0.5) is 0 Å². The molecule has 1 fully saturated rings. The number of piperidine rings is 1. The van der Waals surface area contributed by atoms with Crippen LogP contribution in [0, 0.1) is 12.8 Å². The Morgan fingerprint density at radius 3 is 2.67 bits per heavy atom. The molecule has 98 valence electrons. The Morgan fingerprint density at radius 1 is 1.44 bits per heavy atom. The van der Waals surface area contributed by atoms with Crippen LogP contribution in [-0.2, 0) is 0 Å². The highest BCUT2D eigenvalue weighted by molar-refractivity contribution is 9.09. The van der Waals surface area contributed by atoms with E-state index >= 15 is 0 Å². The second kappa shape index (κ2) is 5.83. The van der Waals surface area contributed by atoms with Crippen molar-refractivity contribution >= 4 is 21.8 Å². The van der Waals surface area contributed by atoms with Gasteiger partial charge in [-0.05, 0) is 37.3 Å². The van der Waals surface area contributed by atoms with Crippen LogP contribution in [0.2, 0.25) is 0 Å². The molecule has 1 atom stereocenters. The van der Waals surface area contributed by atoms with E-state index in [2.05, 4.69) is 27.8 Å². The Balaban J connectivity index is 1.99. The number of amides is 1. The van der Waals surface area contributed by atoms with Crippen molar-refractivity contribution < 1.29 is 4.79 Å². The van der Waals surface area contributed by atoms with Gasteiger partial charge in [-0.3, -0.25) is 9.78 Å². The van der Waals surface area contributed by atoms with E-state index in [9.17, 15) is 4.79 Å². The Labute approximate surface area is 117 Å². The lowest BCUT2D eigenvalue weighted by atomic mass is 9.94. The summed E-state index contributed by atoms with van der Waals surface area (Å²) in [5, 5.41) is 0. The number of hydrogen-bond donors (Lipinski definition) is 0. The summed E-state index contributed by atoms with van der Waals surface area (Å²) in [4.78, 5) is 18.9. The maximum atomic E-state index is 12.3. The molecule has 0 spiro atoms. The zero-order valence-electron chi connectivity index (χ0n) is 10.9. The molecule has 1 amide bonds.